The van der Waals surface area contributed by atoms with Gasteiger partial charge in [0.25, 0.3) is 0 Å². The number of benzene rings is 4. The molecule has 4 aromatic rings. The van der Waals surface area contributed by atoms with E-state index in [0.717, 1.165) is 22.3 Å². The minimum atomic E-state index is -0.484. The summed E-state index contributed by atoms with van der Waals surface area (Å²) < 4.78 is 17.2. The minimum Gasteiger partial charge on any atom is -0.489 e. The third kappa shape index (κ3) is 5.70. The number of esters is 1. The maximum absolute atomic E-state index is 12.6. The second-order valence-electron chi connectivity index (χ2n) is 8.98. The smallest absolute Gasteiger partial charge is 0.343 e. The number of allylic oxidation sites excluding steroid dienone is 1. The van der Waals surface area contributed by atoms with Crippen LogP contribution in [0.5, 0.6) is 17.2 Å². The lowest BCUT2D eigenvalue weighted by atomic mass is 9.83. The molecule has 39 heavy (non-hydrogen) atoms. The number of nitrogens with zero attached hydrogens (tertiary/aromatic N) is 1. The summed E-state index contributed by atoms with van der Waals surface area (Å²) in [4.78, 5) is 12.6. The number of aryl methyl sites for hydroxylation is 1. The van der Waals surface area contributed by atoms with Gasteiger partial charge < -0.3 is 19.9 Å². The quantitative estimate of drug-likeness (QED) is 0.197. The van der Waals surface area contributed by atoms with E-state index in [1.54, 1.807) is 48.5 Å². The van der Waals surface area contributed by atoms with Crippen molar-refractivity contribution in [2.75, 3.05) is 0 Å². The maximum Gasteiger partial charge on any atom is 0.343 e. The molecule has 8 heteroatoms. The summed E-state index contributed by atoms with van der Waals surface area (Å²) in [5, 5.41) is 11.0. The average Bonchev–Trinajstić information content (AvgIpc) is 2.92. The van der Waals surface area contributed by atoms with Crippen LogP contribution in [-0.4, -0.2) is 5.97 Å². The average molecular weight is 557 g/mol. The fraction of sp³-hybridized carbons (Fsp3) is 0.0968. The van der Waals surface area contributed by atoms with E-state index in [9.17, 15) is 10.1 Å². The lowest BCUT2D eigenvalue weighted by molar-refractivity contribution is 0.0734. The van der Waals surface area contributed by atoms with Gasteiger partial charge in [-0.1, -0.05) is 65.2 Å². The van der Waals surface area contributed by atoms with E-state index in [1.165, 1.54) is 0 Å². The molecule has 194 valence electrons. The van der Waals surface area contributed by atoms with Gasteiger partial charge in [-0.25, -0.2) is 4.79 Å². The van der Waals surface area contributed by atoms with Gasteiger partial charge in [-0.3, -0.25) is 0 Å². The highest BCUT2D eigenvalue weighted by Crippen LogP contribution is 2.43. The topological polar surface area (TPSA) is 94.6 Å². The summed E-state index contributed by atoms with van der Waals surface area (Å²) in [6, 6.07) is 27.0. The Bertz CT molecular complexity index is 1640. The van der Waals surface area contributed by atoms with E-state index in [4.69, 9.17) is 43.1 Å². The zero-order chi connectivity index (χ0) is 27.5. The Morgan fingerprint density at radius 1 is 1.00 bits per heavy atom. The van der Waals surface area contributed by atoms with Gasteiger partial charge in [-0.2, -0.15) is 5.26 Å². The standard InChI is InChI=1S/C31H22Cl2N2O4/c1-18-3-2-4-20(13-18)31(36)38-24-11-12-25-28(15-24)39-30(35)26(16-34)29(25)19-6-9-23(10-7-19)37-17-21-5-8-22(32)14-27(21)33/h2-15,29H,17,35H2,1H3. The molecule has 6 nitrogen and oxygen atoms in total. The molecule has 0 spiro atoms. The number of hydrogen-bond acceptors (Lipinski definition) is 6. The van der Waals surface area contributed by atoms with Gasteiger partial charge in [-0.05, 0) is 55.0 Å². The molecule has 1 aliphatic rings. The molecule has 1 unspecified atom stereocenters. The first-order chi connectivity index (χ1) is 18.8. The van der Waals surface area contributed by atoms with Crippen molar-refractivity contribution in [3.63, 3.8) is 0 Å². The third-order valence-electron chi connectivity index (χ3n) is 6.28. The summed E-state index contributed by atoms with van der Waals surface area (Å²) in [6.07, 6.45) is 0. The molecule has 0 radical (unpaired) electrons. The molecule has 0 aliphatic carbocycles. The third-order valence-corrected chi connectivity index (χ3v) is 6.86. The van der Waals surface area contributed by atoms with Crippen molar-refractivity contribution >= 4 is 29.2 Å². The Hall–Kier alpha value is -4.44. The van der Waals surface area contributed by atoms with Crippen molar-refractivity contribution in [2.45, 2.75) is 19.4 Å². The van der Waals surface area contributed by atoms with Gasteiger partial charge in [0, 0.05) is 27.2 Å². The lowest BCUT2D eigenvalue weighted by Crippen LogP contribution is -2.21. The molecule has 5 rings (SSSR count). The van der Waals surface area contributed by atoms with Crippen LogP contribution in [0, 0.1) is 18.3 Å². The molecule has 0 saturated carbocycles. The Morgan fingerprint density at radius 2 is 1.77 bits per heavy atom. The van der Waals surface area contributed by atoms with E-state index in [-0.39, 0.29) is 18.1 Å². The van der Waals surface area contributed by atoms with Crippen LogP contribution in [0.2, 0.25) is 10.0 Å². The van der Waals surface area contributed by atoms with Crippen LogP contribution in [0.4, 0.5) is 0 Å². The van der Waals surface area contributed by atoms with Crippen molar-refractivity contribution in [2.24, 2.45) is 5.73 Å². The largest absolute Gasteiger partial charge is 0.489 e. The molecule has 1 aliphatic heterocycles. The van der Waals surface area contributed by atoms with Crippen molar-refractivity contribution in [1.82, 2.24) is 0 Å². The molecular formula is C31H22Cl2N2O4. The molecule has 1 atom stereocenters. The predicted octanol–water partition coefficient (Wildman–Crippen LogP) is 7.32. The van der Waals surface area contributed by atoms with E-state index in [2.05, 4.69) is 6.07 Å². The Kier molecular flexibility index (Phi) is 7.47. The van der Waals surface area contributed by atoms with Crippen LogP contribution in [0.25, 0.3) is 0 Å². The SMILES string of the molecule is Cc1cccc(C(=O)Oc2ccc3c(c2)OC(N)=C(C#N)C3c2ccc(OCc3ccc(Cl)cc3Cl)cc2)c1. The van der Waals surface area contributed by atoms with Crippen LogP contribution in [0.3, 0.4) is 0 Å². The van der Waals surface area contributed by atoms with Crippen LogP contribution in [-0.2, 0) is 6.61 Å². The summed E-state index contributed by atoms with van der Waals surface area (Å²) >= 11 is 12.2. The first-order valence-corrected chi connectivity index (χ1v) is 12.7. The highest BCUT2D eigenvalue weighted by Gasteiger charge is 2.31. The van der Waals surface area contributed by atoms with Crippen molar-refractivity contribution < 1.29 is 19.0 Å². The van der Waals surface area contributed by atoms with Gasteiger partial charge in [0.05, 0.1) is 11.5 Å². The lowest BCUT2D eigenvalue weighted by Gasteiger charge is -2.26. The zero-order valence-electron chi connectivity index (χ0n) is 20.8. The minimum absolute atomic E-state index is 0.00475. The summed E-state index contributed by atoms with van der Waals surface area (Å²) in [7, 11) is 0. The molecule has 4 aromatic carbocycles. The first-order valence-electron chi connectivity index (χ1n) is 12.0. The molecule has 2 N–H and O–H groups in total. The molecule has 0 aromatic heterocycles. The van der Waals surface area contributed by atoms with E-state index >= 15 is 0 Å². The van der Waals surface area contributed by atoms with Crippen LogP contribution in [0.1, 0.15) is 38.5 Å². The normalized spacial score (nSPS) is 14.2. The van der Waals surface area contributed by atoms with E-state index < -0.39 is 11.9 Å². The number of rotatable bonds is 6. The fourth-order valence-electron chi connectivity index (χ4n) is 4.34. The van der Waals surface area contributed by atoms with Gasteiger partial charge in [-0.15, -0.1) is 0 Å². The van der Waals surface area contributed by atoms with Crippen LogP contribution < -0.4 is 19.9 Å². The monoisotopic (exact) mass is 556 g/mol. The molecule has 0 saturated heterocycles. The highest BCUT2D eigenvalue weighted by molar-refractivity contribution is 6.35. The fourth-order valence-corrected chi connectivity index (χ4v) is 4.80. The zero-order valence-corrected chi connectivity index (χ0v) is 22.3. The number of hydrogen-bond donors (Lipinski definition) is 1. The van der Waals surface area contributed by atoms with Gasteiger partial charge >= 0.3 is 5.97 Å². The number of carbonyl (C=O) groups excluding carboxylic acids is 1. The Morgan fingerprint density at radius 3 is 2.49 bits per heavy atom. The van der Waals surface area contributed by atoms with E-state index in [1.807, 2.05) is 43.3 Å². The van der Waals surface area contributed by atoms with Gasteiger partial charge in [0.1, 0.15) is 35.5 Å². The number of nitriles is 1. The van der Waals surface area contributed by atoms with Crippen LogP contribution in [0.15, 0.2) is 96.4 Å². The highest BCUT2D eigenvalue weighted by atomic mass is 35.5. The van der Waals surface area contributed by atoms with Gasteiger partial charge in [0.15, 0.2) is 0 Å². The predicted molar refractivity (Wildman–Crippen MR) is 149 cm³/mol. The maximum atomic E-state index is 12.6. The number of nitrogens with two attached hydrogens (primary N) is 1. The first kappa shape index (κ1) is 26.2. The van der Waals surface area contributed by atoms with Crippen LogP contribution >= 0.6 is 23.2 Å². The second kappa shape index (κ2) is 11.1. The molecular weight excluding hydrogens is 535 g/mol. The molecule has 0 fully saturated rings. The number of halogens is 2. The molecule has 0 bridgehead atoms. The Labute approximate surface area is 235 Å². The number of ether oxygens (including phenoxy) is 3. The van der Waals surface area contributed by atoms with Crippen molar-refractivity contribution in [3.05, 3.63) is 134 Å². The summed E-state index contributed by atoms with van der Waals surface area (Å²) in [5.41, 5.74) is 10.2. The molecule has 1 heterocycles. The second-order valence-corrected chi connectivity index (χ2v) is 9.82. The number of carbonyl (C=O) groups is 1. The summed E-state index contributed by atoms with van der Waals surface area (Å²) in [6.45, 7) is 2.18. The Balaban J connectivity index is 1.37. The number of fused-ring (bicyclic) bond motifs is 1. The van der Waals surface area contributed by atoms with E-state index in [0.29, 0.717) is 32.9 Å². The van der Waals surface area contributed by atoms with Crippen molar-refractivity contribution in [1.29, 1.82) is 5.26 Å². The summed E-state index contributed by atoms with van der Waals surface area (Å²) in [5.74, 6) is 0.379. The van der Waals surface area contributed by atoms with Gasteiger partial charge in [0.2, 0.25) is 5.88 Å². The molecule has 0 amide bonds. The van der Waals surface area contributed by atoms with Crippen molar-refractivity contribution in [3.8, 4) is 23.3 Å².